The Bertz CT molecular complexity index is 795. The van der Waals surface area contributed by atoms with E-state index in [1.165, 1.54) is 0 Å². The Labute approximate surface area is 126 Å². The topological polar surface area (TPSA) is 83.5 Å². The van der Waals surface area contributed by atoms with Gasteiger partial charge >= 0.3 is 5.97 Å². The van der Waals surface area contributed by atoms with Gasteiger partial charge in [-0.05, 0) is 18.2 Å². The molecule has 2 N–H and O–H groups in total. The number of hydrogen-bond donors (Lipinski definition) is 2. The van der Waals surface area contributed by atoms with Crippen LogP contribution in [0.5, 0.6) is 0 Å². The summed E-state index contributed by atoms with van der Waals surface area (Å²) in [5, 5.41) is 11.6. The van der Waals surface area contributed by atoms with Gasteiger partial charge in [-0.25, -0.2) is 0 Å². The standard InChI is InChI=1S/C17H13NO4/c19-15(20)7-8-18-10-5-6-13-14(9-10)17(22)12-4-2-1-3-11(12)16(13)21/h1-6,9,18H,7-8H2,(H,19,20). The number of hydrogen-bond acceptors (Lipinski definition) is 4. The predicted octanol–water partition coefficient (Wildman–Crippen LogP) is 2.35. The highest BCUT2D eigenvalue weighted by Crippen LogP contribution is 2.28. The first-order chi connectivity index (χ1) is 10.6. The lowest BCUT2D eigenvalue weighted by atomic mass is 9.84. The third-order valence-corrected chi connectivity index (χ3v) is 3.59. The van der Waals surface area contributed by atoms with Crippen LogP contribution in [0.1, 0.15) is 38.3 Å². The van der Waals surface area contributed by atoms with Crippen LogP contribution in [0.15, 0.2) is 42.5 Å². The van der Waals surface area contributed by atoms with E-state index in [1.54, 1.807) is 42.5 Å². The van der Waals surface area contributed by atoms with Crippen LogP contribution in [0.3, 0.4) is 0 Å². The normalized spacial score (nSPS) is 12.5. The number of carboxylic acid groups (broad SMARTS) is 1. The van der Waals surface area contributed by atoms with Crippen molar-refractivity contribution < 1.29 is 19.5 Å². The molecule has 5 heteroatoms. The summed E-state index contributed by atoms with van der Waals surface area (Å²) in [5.74, 6) is -1.25. The highest BCUT2D eigenvalue weighted by molar-refractivity contribution is 6.28. The number of benzene rings is 2. The summed E-state index contributed by atoms with van der Waals surface area (Å²) >= 11 is 0. The summed E-state index contributed by atoms with van der Waals surface area (Å²) in [6.45, 7) is 0.257. The summed E-state index contributed by atoms with van der Waals surface area (Å²) in [6.07, 6.45) is -0.0210. The maximum absolute atomic E-state index is 12.5. The SMILES string of the molecule is O=C(O)CCNc1ccc2c(c1)C(=O)c1ccccc1C2=O. The first-order valence-electron chi connectivity index (χ1n) is 6.86. The number of carbonyl (C=O) groups excluding carboxylic acids is 2. The Morgan fingerprint density at radius 1 is 0.909 bits per heavy atom. The summed E-state index contributed by atoms with van der Waals surface area (Å²) in [5.41, 5.74) is 2.19. The van der Waals surface area contributed by atoms with E-state index in [-0.39, 0.29) is 24.5 Å². The molecule has 1 aliphatic rings. The predicted molar refractivity (Wildman–Crippen MR) is 80.5 cm³/mol. The molecular weight excluding hydrogens is 282 g/mol. The molecule has 0 radical (unpaired) electrons. The first-order valence-corrected chi connectivity index (χ1v) is 6.86. The zero-order valence-corrected chi connectivity index (χ0v) is 11.6. The Kier molecular flexibility index (Phi) is 3.47. The number of carboxylic acids is 1. The molecule has 0 heterocycles. The molecule has 0 amide bonds. The Morgan fingerprint density at radius 2 is 1.50 bits per heavy atom. The molecule has 0 aliphatic heterocycles. The van der Waals surface area contributed by atoms with Crippen LogP contribution in [0, 0.1) is 0 Å². The van der Waals surface area contributed by atoms with E-state index >= 15 is 0 Å². The highest BCUT2D eigenvalue weighted by atomic mass is 16.4. The van der Waals surface area contributed by atoms with Gasteiger partial charge in [0.25, 0.3) is 0 Å². The smallest absolute Gasteiger partial charge is 0.305 e. The minimum atomic E-state index is -0.898. The van der Waals surface area contributed by atoms with Crippen LogP contribution in [-0.2, 0) is 4.79 Å². The van der Waals surface area contributed by atoms with Crippen molar-refractivity contribution in [2.75, 3.05) is 11.9 Å². The van der Waals surface area contributed by atoms with E-state index in [1.807, 2.05) is 0 Å². The van der Waals surface area contributed by atoms with Crippen molar-refractivity contribution in [2.24, 2.45) is 0 Å². The summed E-state index contributed by atoms with van der Waals surface area (Å²) < 4.78 is 0. The number of ketones is 2. The Hall–Kier alpha value is -2.95. The highest BCUT2D eigenvalue weighted by Gasteiger charge is 2.29. The number of aliphatic carboxylic acids is 1. The minimum absolute atomic E-state index is 0.0210. The van der Waals surface area contributed by atoms with Crippen molar-refractivity contribution in [1.82, 2.24) is 0 Å². The van der Waals surface area contributed by atoms with Crippen molar-refractivity contribution >= 4 is 23.2 Å². The summed E-state index contributed by atoms with van der Waals surface area (Å²) in [4.78, 5) is 35.4. The van der Waals surface area contributed by atoms with Gasteiger partial charge in [-0.3, -0.25) is 14.4 Å². The van der Waals surface area contributed by atoms with E-state index in [4.69, 9.17) is 5.11 Å². The van der Waals surface area contributed by atoms with Gasteiger partial charge in [-0.2, -0.15) is 0 Å². The number of rotatable bonds is 4. The lowest BCUT2D eigenvalue weighted by Gasteiger charge is -2.18. The second-order valence-electron chi connectivity index (χ2n) is 5.03. The number of fused-ring (bicyclic) bond motifs is 2. The molecule has 0 spiro atoms. The average Bonchev–Trinajstić information content (AvgIpc) is 2.52. The van der Waals surface area contributed by atoms with Gasteiger partial charge in [0.2, 0.25) is 0 Å². The molecule has 0 saturated carbocycles. The van der Waals surface area contributed by atoms with E-state index < -0.39 is 5.97 Å². The fourth-order valence-corrected chi connectivity index (χ4v) is 2.52. The second kappa shape index (κ2) is 5.44. The zero-order chi connectivity index (χ0) is 15.7. The van der Waals surface area contributed by atoms with Gasteiger partial charge in [0.15, 0.2) is 11.6 Å². The maximum Gasteiger partial charge on any atom is 0.305 e. The van der Waals surface area contributed by atoms with Gasteiger partial charge in [0.1, 0.15) is 0 Å². The zero-order valence-electron chi connectivity index (χ0n) is 11.6. The summed E-state index contributed by atoms with van der Waals surface area (Å²) in [7, 11) is 0. The van der Waals surface area contributed by atoms with E-state index in [2.05, 4.69) is 5.32 Å². The largest absolute Gasteiger partial charge is 0.481 e. The van der Waals surface area contributed by atoms with Crippen LogP contribution >= 0.6 is 0 Å². The first kappa shape index (κ1) is 14.0. The third-order valence-electron chi connectivity index (χ3n) is 3.59. The van der Waals surface area contributed by atoms with Crippen LogP contribution in [0.25, 0.3) is 0 Å². The molecule has 5 nitrogen and oxygen atoms in total. The molecule has 1 aliphatic carbocycles. The van der Waals surface area contributed by atoms with Crippen LogP contribution < -0.4 is 5.32 Å². The van der Waals surface area contributed by atoms with Gasteiger partial charge in [-0.15, -0.1) is 0 Å². The van der Waals surface area contributed by atoms with Gasteiger partial charge < -0.3 is 10.4 Å². The molecule has 0 fully saturated rings. The van der Waals surface area contributed by atoms with Gasteiger partial charge in [0.05, 0.1) is 6.42 Å². The van der Waals surface area contributed by atoms with Gasteiger partial charge in [0, 0.05) is 34.5 Å². The van der Waals surface area contributed by atoms with Crippen LogP contribution in [-0.4, -0.2) is 29.2 Å². The fourth-order valence-electron chi connectivity index (χ4n) is 2.52. The molecular formula is C17H13NO4. The molecule has 0 unspecified atom stereocenters. The quantitative estimate of drug-likeness (QED) is 0.772. The molecule has 2 aromatic carbocycles. The molecule has 110 valence electrons. The Balaban J connectivity index is 1.94. The van der Waals surface area contributed by atoms with Crippen molar-refractivity contribution in [1.29, 1.82) is 0 Å². The Morgan fingerprint density at radius 3 is 2.14 bits per heavy atom. The van der Waals surface area contributed by atoms with Gasteiger partial charge in [-0.1, -0.05) is 24.3 Å². The van der Waals surface area contributed by atoms with E-state index in [0.29, 0.717) is 27.9 Å². The maximum atomic E-state index is 12.5. The number of anilines is 1. The number of nitrogens with one attached hydrogen (secondary N) is 1. The molecule has 2 aromatic rings. The average molecular weight is 295 g/mol. The monoisotopic (exact) mass is 295 g/mol. The van der Waals surface area contributed by atoms with Crippen molar-refractivity contribution in [2.45, 2.75) is 6.42 Å². The van der Waals surface area contributed by atoms with Crippen molar-refractivity contribution in [3.05, 3.63) is 64.7 Å². The summed E-state index contributed by atoms with van der Waals surface area (Å²) in [6, 6.07) is 11.6. The van der Waals surface area contributed by atoms with E-state index in [0.717, 1.165) is 0 Å². The second-order valence-corrected chi connectivity index (χ2v) is 5.03. The van der Waals surface area contributed by atoms with Crippen LogP contribution in [0.4, 0.5) is 5.69 Å². The molecule has 0 aromatic heterocycles. The fraction of sp³-hybridized carbons (Fsp3) is 0.118. The number of carbonyl (C=O) groups is 3. The molecule has 0 atom stereocenters. The molecule has 3 rings (SSSR count). The lowest BCUT2D eigenvalue weighted by Crippen LogP contribution is -2.21. The molecule has 0 bridgehead atoms. The minimum Gasteiger partial charge on any atom is -0.481 e. The third kappa shape index (κ3) is 2.37. The van der Waals surface area contributed by atoms with Crippen molar-refractivity contribution in [3.8, 4) is 0 Å². The lowest BCUT2D eigenvalue weighted by molar-refractivity contribution is -0.136. The molecule has 22 heavy (non-hydrogen) atoms. The van der Waals surface area contributed by atoms with Crippen molar-refractivity contribution in [3.63, 3.8) is 0 Å². The molecule has 0 saturated heterocycles. The van der Waals surface area contributed by atoms with Crippen LogP contribution in [0.2, 0.25) is 0 Å². The van der Waals surface area contributed by atoms with E-state index in [9.17, 15) is 14.4 Å².